The zero-order valence-corrected chi connectivity index (χ0v) is 14.1. The minimum atomic E-state index is -0.256. The molecule has 1 amide bonds. The Bertz CT molecular complexity index is 862. The zero-order valence-electron chi connectivity index (χ0n) is 13.4. The van der Waals surface area contributed by atoms with Crippen molar-refractivity contribution in [2.45, 2.75) is 6.04 Å². The molecule has 126 valence electrons. The van der Waals surface area contributed by atoms with Gasteiger partial charge in [-0.05, 0) is 35.9 Å². The molecule has 0 N–H and O–H groups in total. The molecule has 0 saturated carbocycles. The van der Waals surface area contributed by atoms with Gasteiger partial charge in [0.25, 0.3) is 0 Å². The smallest absolute Gasteiger partial charge is 0.246 e. The van der Waals surface area contributed by atoms with Gasteiger partial charge in [0, 0.05) is 23.3 Å². The fraction of sp³-hybridized carbons (Fsp3) is 0.222. The Hall–Kier alpha value is -2.75. The van der Waals surface area contributed by atoms with Crippen molar-refractivity contribution >= 4 is 17.5 Å². The lowest BCUT2D eigenvalue weighted by molar-refractivity contribution is -0.134. The summed E-state index contributed by atoms with van der Waals surface area (Å²) in [5.41, 5.74) is 2.18. The van der Waals surface area contributed by atoms with E-state index in [0.717, 1.165) is 11.1 Å². The van der Waals surface area contributed by atoms with Crippen LogP contribution >= 0.6 is 11.6 Å². The molecule has 1 fully saturated rings. The number of amides is 1. The number of nitrogens with zero attached hydrogens (tertiary/aromatic N) is 4. The van der Waals surface area contributed by atoms with Gasteiger partial charge in [-0.15, -0.1) is 0 Å². The van der Waals surface area contributed by atoms with Gasteiger partial charge in [0.15, 0.2) is 0 Å². The van der Waals surface area contributed by atoms with Crippen molar-refractivity contribution in [2.75, 3.05) is 19.8 Å². The largest absolute Gasteiger partial charge is 0.377 e. The monoisotopic (exact) mass is 354 g/mol. The zero-order chi connectivity index (χ0) is 17.8. The molecule has 1 aromatic carbocycles. The van der Waals surface area contributed by atoms with Crippen LogP contribution in [0, 0.1) is 11.3 Å². The van der Waals surface area contributed by atoms with Gasteiger partial charge in [-0.25, -0.2) is 9.97 Å². The van der Waals surface area contributed by atoms with Crippen LogP contribution in [0.1, 0.15) is 17.4 Å². The Morgan fingerprint density at radius 2 is 2.32 bits per heavy atom. The Morgan fingerprint density at radius 3 is 3.08 bits per heavy atom. The van der Waals surface area contributed by atoms with Crippen LogP contribution in [0.4, 0.5) is 0 Å². The van der Waals surface area contributed by atoms with Crippen molar-refractivity contribution in [1.29, 1.82) is 5.26 Å². The second-order valence-electron chi connectivity index (χ2n) is 5.48. The molecule has 1 aliphatic rings. The number of halogens is 1. The van der Waals surface area contributed by atoms with Crippen molar-refractivity contribution in [3.63, 3.8) is 0 Å². The molecule has 2 aromatic rings. The Balaban J connectivity index is 2.02. The molecule has 0 unspecified atom stereocenters. The van der Waals surface area contributed by atoms with Crippen molar-refractivity contribution in [3.05, 3.63) is 59.5 Å². The lowest BCUT2D eigenvalue weighted by Crippen LogP contribution is -2.42. The number of nitriles is 1. The number of morpholine rings is 1. The van der Waals surface area contributed by atoms with Crippen molar-refractivity contribution in [3.8, 4) is 17.3 Å². The van der Waals surface area contributed by atoms with E-state index >= 15 is 0 Å². The van der Waals surface area contributed by atoms with E-state index < -0.39 is 0 Å². The van der Waals surface area contributed by atoms with E-state index in [0.29, 0.717) is 30.5 Å². The van der Waals surface area contributed by atoms with Gasteiger partial charge < -0.3 is 9.64 Å². The van der Waals surface area contributed by atoms with Crippen LogP contribution in [0.3, 0.4) is 0 Å². The molecule has 1 aromatic heterocycles. The molecule has 25 heavy (non-hydrogen) atoms. The van der Waals surface area contributed by atoms with Gasteiger partial charge in [0.2, 0.25) is 11.7 Å². The van der Waals surface area contributed by atoms with E-state index in [9.17, 15) is 4.79 Å². The third kappa shape index (κ3) is 3.68. The first-order valence-electron chi connectivity index (χ1n) is 7.67. The maximum atomic E-state index is 12.1. The van der Waals surface area contributed by atoms with Crippen LogP contribution in [0.2, 0.25) is 5.02 Å². The molecule has 1 atom stereocenters. The van der Waals surface area contributed by atoms with Gasteiger partial charge >= 0.3 is 0 Å². The molecule has 7 heteroatoms. The standard InChI is InChI=1S/C18H15ClN4O2/c1-2-18(24)23-5-6-25-11-16(23)13-7-12(8-14(19)9-13)15-3-4-21-17(10-20)22-15/h2-4,7-9,16H,1,5-6,11H2/t16-/m0/s1. The third-order valence-corrected chi connectivity index (χ3v) is 4.16. The van der Waals surface area contributed by atoms with E-state index in [1.165, 1.54) is 12.3 Å². The first kappa shape index (κ1) is 17.1. The second-order valence-corrected chi connectivity index (χ2v) is 5.91. The maximum absolute atomic E-state index is 12.1. The fourth-order valence-electron chi connectivity index (χ4n) is 2.79. The summed E-state index contributed by atoms with van der Waals surface area (Å²) in [6, 6.07) is 8.84. The van der Waals surface area contributed by atoms with Gasteiger partial charge in [0.1, 0.15) is 6.07 Å². The van der Waals surface area contributed by atoms with Crippen LogP contribution in [0.15, 0.2) is 43.1 Å². The Labute approximate surface area is 150 Å². The van der Waals surface area contributed by atoms with E-state index in [4.69, 9.17) is 21.6 Å². The number of carbonyl (C=O) groups is 1. The first-order valence-corrected chi connectivity index (χ1v) is 8.05. The summed E-state index contributed by atoms with van der Waals surface area (Å²) in [5.74, 6) is -0.0629. The van der Waals surface area contributed by atoms with E-state index in [-0.39, 0.29) is 17.8 Å². The average molecular weight is 355 g/mol. The molecule has 2 heterocycles. The van der Waals surface area contributed by atoms with Crippen molar-refractivity contribution in [1.82, 2.24) is 14.9 Å². The summed E-state index contributed by atoms with van der Waals surface area (Å²) in [5, 5.41) is 9.49. The van der Waals surface area contributed by atoms with E-state index in [2.05, 4.69) is 16.5 Å². The highest BCUT2D eigenvalue weighted by Gasteiger charge is 2.28. The predicted molar refractivity (Wildman–Crippen MR) is 92.7 cm³/mol. The molecule has 6 nitrogen and oxygen atoms in total. The number of carbonyl (C=O) groups excluding carboxylic acids is 1. The molecule has 0 bridgehead atoms. The molecular formula is C18H15ClN4O2. The molecule has 3 rings (SSSR count). The highest BCUT2D eigenvalue weighted by atomic mass is 35.5. The average Bonchev–Trinajstić information content (AvgIpc) is 2.67. The van der Waals surface area contributed by atoms with Crippen LogP contribution in [-0.4, -0.2) is 40.5 Å². The predicted octanol–water partition coefficient (Wildman–Crippen LogP) is 2.75. The van der Waals surface area contributed by atoms with Crippen LogP contribution in [0.5, 0.6) is 0 Å². The summed E-state index contributed by atoms with van der Waals surface area (Å²) in [4.78, 5) is 21.9. The number of ether oxygens (including phenoxy) is 1. The minimum absolute atomic E-state index is 0.0866. The van der Waals surface area contributed by atoms with E-state index in [1.54, 1.807) is 23.1 Å². The quantitative estimate of drug-likeness (QED) is 0.792. The number of hydrogen-bond acceptors (Lipinski definition) is 5. The van der Waals surface area contributed by atoms with Gasteiger partial charge in [-0.1, -0.05) is 18.2 Å². The fourth-order valence-corrected chi connectivity index (χ4v) is 3.03. The van der Waals surface area contributed by atoms with Gasteiger partial charge in [-0.2, -0.15) is 5.26 Å². The molecule has 0 spiro atoms. The van der Waals surface area contributed by atoms with Gasteiger partial charge in [-0.3, -0.25) is 4.79 Å². The summed E-state index contributed by atoms with van der Waals surface area (Å²) < 4.78 is 5.54. The highest BCUT2D eigenvalue weighted by molar-refractivity contribution is 6.31. The summed E-state index contributed by atoms with van der Waals surface area (Å²) in [6.45, 7) is 4.92. The van der Waals surface area contributed by atoms with Crippen LogP contribution in [-0.2, 0) is 9.53 Å². The van der Waals surface area contributed by atoms with Crippen molar-refractivity contribution < 1.29 is 9.53 Å². The van der Waals surface area contributed by atoms with Crippen molar-refractivity contribution in [2.24, 2.45) is 0 Å². The molecule has 1 saturated heterocycles. The number of benzene rings is 1. The lowest BCUT2D eigenvalue weighted by atomic mass is 10.0. The summed E-state index contributed by atoms with van der Waals surface area (Å²) >= 11 is 6.28. The van der Waals surface area contributed by atoms with Crippen LogP contribution < -0.4 is 0 Å². The third-order valence-electron chi connectivity index (χ3n) is 3.94. The lowest BCUT2D eigenvalue weighted by Gasteiger charge is -2.35. The number of rotatable bonds is 3. The maximum Gasteiger partial charge on any atom is 0.246 e. The van der Waals surface area contributed by atoms with Gasteiger partial charge in [0.05, 0.1) is 24.9 Å². The van der Waals surface area contributed by atoms with Crippen LogP contribution in [0.25, 0.3) is 11.3 Å². The SMILES string of the molecule is C=CC(=O)N1CCOC[C@H]1c1cc(Cl)cc(-c2ccnc(C#N)n2)c1. The second kappa shape index (κ2) is 7.43. The summed E-state index contributed by atoms with van der Waals surface area (Å²) in [7, 11) is 0. The molecule has 0 aliphatic carbocycles. The number of aromatic nitrogens is 2. The Kier molecular flexibility index (Phi) is 5.08. The minimum Gasteiger partial charge on any atom is -0.377 e. The highest BCUT2D eigenvalue weighted by Crippen LogP contribution is 2.31. The van der Waals surface area contributed by atoms with E-state index in [1.807, 2.05) is 12.1 Å². The molecular weight excluding hydrogens is 340 g/mol. The normalized spacial score (nSPS) is 17.0. The molecule has 0 radical (unpaired) electrons. The number of hydrogen-bond donors (Lipinski definition) is 0. The topological polar surface area (TPSA) is 79.1 Å². The first-order chi connectivity index (χ1) is 12.1. The Morgan fingerprint density at radius 1 is 1.48 bits per heavy atom. The summed E-state index contributed by atoms with van der Waals surface area (Å²) in [6.07, 6.45) is 2.83. The molecule has 1 aliphatic heterocycles.